The van der Waals surface area contributed by atoms with E-state index in [1.54, 1.807) is 6.07 Å². The van der Waals surface area contributed by atoms with Gasteiger partial charge in [-0.2, -0.15) is 0 Å². The minimum absolute atomic E-state index is 0.0691. The van der Waals surface area contributed by atoms with E-state index < -0.39 is 13.0 Å². The molecule has 0 aliphatic rings. The number of halogens is 3. The molecule has 0 saturated carbocycles. The molecule has 4 nitrogen and oxygen atoms in total. The van der Waals surface area contributed by atoms with Crippen molar-refractivity contribution in [2.45, 2.75) is 26.3 Å². The van der Waals surface area contributed by atoms with Crippen molar-refractivity contribution >= 4 is 21.8 Å². The first kappa shape index (κ1) is 16.1. The molecule has 1 rings (SSSR count). The summed E-state index contributed by atoms with van der Waals surface area (Å²) >= 11 is 3.32. The normalized spacial score (nSPS) is 11.3. The van der Waals surface area contributed by atoms with Crippen molar-refractivity contribution in [3.05, 3.63) is 22.4 Å². The zero-order valence-corrected chi connectivity index (χ0v) is 12.4. The summed E-state index contributed by atoms with van der Waals surface area (Å²) in [5.74, 6) is -0.250. The molecule has 1 aromatic heterocycles. The highest BCUT2D eigenvalue weighted by molar-refractivity contribution is 9.10. The van der Waals surface area contributed by atoms with Crippen LogP contribution in [0.4, 0.5) is 8.78 Å². The van der Waals surface area contributed by atoms with Gasteiger partial charge < -0.3 is 14.6 Å². The van der Waals surface area contributed by atoms with Crippen LogP contribution >= 0.6 is 15.9 Å². The molecule has 1 N–H and O–H groups in total. The Bertz CT molecular complexity index is 422. The van der Waals surface area contributed by atoms with Crippen molar-refractivity contribution < 1.29 is 18.3 Å². The van der Waals surface area contributed by atoms with Gasteiger partial charge in [0.05, 0.1) is 6.61 Å². The van der Waals surface area contributed by atoms with Gasteiger partial charge in [0.2, 0.25) is 0 Å². The number of rotatable bonds is 7. The molecule has 108 valence electrons. The van der Waals surface area contributed by atoms with Crippen molar-refractivity contribution in [2.24, 2.45) is 0 Å². The van der Waals surface area contributed by atoms with E-state index in [1.165, 1.54) is 0 Å². The third-order valence-electron chi connectivity index (χ3n) is 2.38. The fourth-order valence-electron chi connectivity index (χ4n) is 1.55. The maximum absolute atomic E-state index is 11.9. The molecule has 0 saturated heterocycles. The first-order chi connectivity index (χ1) is 8.91. The van der Waals surface area contributed by atoms with Gasteiger partial charge in [-0.15, -0.1) is 0 Å². The molecule has 0 fully saturated rings. The second-order valence-electron chi connectivity index (χ2n) is 4.27. The van der Waals surface area contributed by atoms with Crippen LogP contribution in [0.15, 0.2) is 16.7 Å². The largest absolute Gasteiger partial charge is 0.374 e. The number of nitrogens with zero attached hydrogens (tertiary/aromatic N) is 1. The Kier molecular flexibility index (Phi) is 6.44. The number of amides is 1. The summed E-state index contributed by atoms with van der Waals surface area (Å²) in [4.78, 5) is 11.9. The van der Waals surface area contributed by atoms with Crippen LogP contribution in [0.5, 0.6) is 0 Å². The lowest BCUT2D eigenvalue weighted by molar-refractivity contribution is 0.0188. The number of hydrogen-bond acceptors (Lipinski definition) is 2. The average Bonchev–Trinajstić information content (AvgIpc) is 2.70. The molecular weight excluding hydrogens is 322 g/mol. The number of alkyl halides is 2. The molecule has 19 heavy (non-hydrogen) atoms. The molecule has 0 radical (unpaired) electrons. The van der Waals surface area contributed by atoms with E-state index in [1.807, 2.05) is 24.6 Å². The SMILES string of the molecule is CC(C)n1cc(Br)cc1C(=O)NCCOCC(F)F. The van der Waals surface area contributed by atoms with E-state index in [2.05, 4.69) is 26.0 Å². The maximum Gasteiger partial charge on any atom is 0.268 e. The molecule has 7 heteroatoms. The van der Waals surface area contributed by atoms with Gasteiger partial charge in [0.25, 0.3) is 12.3 Å². The Hall–Kier alpha value is -0.950. The summed E-state index contributed by atoms with van der Waals surface area (Å²) in [6.45, 7) is 3.60. The van der Waals surface area contributed by atoms with Gasteiger partial charge in [-0.25, -0.2) is 8.78 Å². The number of carbonyl (C=O) groups excluding carboxylic acids is 1. The van der Waals surface area contributed by atoms with Crippen molar-refractivity contribution in [3.8, 4) is 0 Å². The molecule has 1 heterocycles. The van der Waals surface area contributed by atoms with Crippen LogP contribution in [0.25, 0.3) is 0 Å². The predicted octanol–water partition coefficient (Wildman–Crippen LogP) is 2.84. The Morgan fingerprint density at radius 2 is 2.21 bits per heavy atom. The fourth-order valence-corrected chi connectivity index (χ4v) is 1.99. The van der Waals surface area contributed by atoms with E-state index in [4.69, 9.17) is 0 Å². The Balaban J connectivity index is 2.45. The van der Waals surface area contributed by atoms with Gasteiger partial charge in [-0.1, -0.05) is 0 Å². The van der Waals surface area contributed by atoms with Crippen LogP contribution < -0.4 is 5.32 Å². The van der Waals surface area contributed by atoms with Crippen LogP contribution in [-0.4, -0.2) is 36.7 Å². The topological polar surface area (TPSA) is 43.3 Å². The lowest BCUT2D eigenvalue weighted by atomic mass is 10.3. The second-order valence-corrected chi connectivity index (χ2v) is 5.18. The quantitative estimate of drug-likeness (QED) is 0.777. The summed E-state index contributed by atoms with van der Waals surface area (Å²) in [5, 5.41) is 2.63. The van der Waals surface area contributed by atoms with E-state index >= 15 is 0 Å². The van der Waals surface area contributed by atoms with Gasteiger partial charge >= 0.3 is 0 Å². The van der Waals surface area contributed by atoms with E-state index in [0.717, 1.165) is 4.47 Å². The zero-order valence-electron chi connectivity index (χ0n) is 10.8. The van der Waals surface area contributed by atoms with Crippen molar-refractivity contribution in [3.63, 3.8) is 0 Å². The highest BCUT2D eigenvalue weighted by Crippen LogP contribution is 2.19. The molecular formula is C12H17BrF2N2O2. The third-order valence-corrected chi connectivity index (χ3v) is 2.81. The van der Waals surface area contributed by atoms with Crippen molar-refractivity contribution in [1.29, 1.82) is 0 Å². The lowest BCUT2D eigenvalue weighted by Crippen LogP contribution is -2.29. The second kappa shape index (κ2) is 7.59. The predicted molar refractivity (Wildman–Crippen MR) is 71.7 cm³/mol. The first-order valence-corrected chi connectivity index (χ1v) is 6.72. The maximum atomic E-state index is 11.9. The zero-order chi connectivity index (χ0) is 14.4. The molecule has 0 aliphatic heterocycles. The van der Waals surface area contributed by atoms with Crippen LogP contribution in [0.2, 0.25) is 0 Å². The van der Waals surface area contributed by atoms with Crippen molar-refractivity contribution in [2.75, 3.05) is 19.8 Å². The smallest absolute Gasteiger partial charge is 0.268 e. The molecule has 0 atom stereocenters. The van der Waals surface area contributed by atoms with E-state index in [0.29, 0.717) is 5.69 Å². The number of ether oxygens (including phenoxy) is 1. The molecule has 1 aromatic rings. The number of nitrogens with one attached hydrogen (secondary N) is 1. The van der Waals surface area contributed by atoms with Gasteiger partial charge in [-0.3, -0.25) is 4.79 Å². The minimum Gasteiger partial charge on any atom is -0.374 e. The lowest BCUT2D eigenvalue weighted by Gasteiger charge is -2.12. The van der Waals surface area contributed by atoms with Crippen LogP contribution in [-0.2, 0) is 4.74 Å². The molecule has 0 aromatic carbocycles. The van der Waals surface area contributed by atoms with E-state index in [-0.39, 0.29) is 25.1 Å². The Morgan fingerprint density at radius 3 is 2.79 bits per heavy atom. The van der Waals surface area contributed by atoms with E-state index in [9.17, 15) is 13.6 Å². The number of carbonyl (C=O) groups is 1. The molecule has 0 spiro atoms. The summed E-state index contributed by atoms with van der Waals surface area (Å²) in [6.07, 6.45) is -0.655. The summed E-state index contributed by atoms with van der Waals surface area (Å²) in [6, 6.07) is 1.87. The number of hydrogen-bond donors (Lipinski definition) is 1. The van der Waals surface area contributed by atoms with Gasteiger partial charge in [0.1, 0.15) is 12.3 Å². The Labute approximate surface area is 119 Å². The minimum atomic E-state index is -2.48. The van der Waals surface area contributed by atoms with Gasteiger partial charge in [0.15, 0.2) is 0 Å². The summed E-state index contributed by atoms with van der Waals surface area (Å²) < 4.78 is 31.0. The molecule has 1 amide bonds. The molecule has 0 bridgehead atoms. The Morgan fingerprint density at radius 1 is 1.53 bits per heavy atom. The van der Waals surface area contributed by atoms with Gasteiger partial charge in [0, 0.05) is 23.3 Å². The third kappa shape index (κ3) is 5.28. The highest BCUT2D eigenvalue weighted by Gasteiger charge is 2.14. The monoisotopic (exact) mass is 338 g/mol. The highest BCUT2D eigenvalue weighted by atomic mass is 79.9. The van der Waals surface area contributed by atoms with Crippen molar-refractivity contribution in [1.82, 2.24) is 9.88 Å². The summed E-state index contributed by atoms with van der Waals surface area (Å²) in [5.41, 5.74) is 0.524. The van der Waals surface area contributed by atoms with Gasteiger partial charge in [-0.05, 0) is 35.8 Å². The molecule has 0 unspecified atom stereocenters. The number of aromatic nitrogens is 1. The fraction of sp³-hybridized carbons (Fsp3) is 0.583. The average molecular weight is 339 g/mol. The van der Waals surface area contributed by atoms with Crippen LogP contribution in [0.3, 0.4) is 0 Å². The standard InChI is InChI=1S/C12H17BrF2N2O2/c1-8(2)17-6-9(13)5-10(17)12(18)16-3-4-19-7-11(14)15/h5-6,8,11H,3-4,7H2,1-2H3,(H,16,18). The molecule has 0 aliphatic carbocycles. The van der Waals surface area contributed by atoms with Crippen LogP contribution in [0.1, 0.15) is 30.4 Å². The first-order valence-electron chi connectivity index (χ1n) is 5.93. The van der Waals surface area contributed by atoms with Crippen LogP contribution in [0, 0.1) is 0 Å². The summed E-state index contributed by atoms with van der Waals surface area (Å²) in [7, 11) is 0.